The summed E-state index contributed by atoms with van der Waals surface area (Å²) in [6, 6.07) is 64.0. The first-order valence-corrected chi connectivity index (χ1v) is 65.9. The van der Waals surface area contributed by atoms with Gasteiger partial charge in [0, 0.05) is 40.3 Å². The second kappa shape index (κ2) is 61.7. The zero-order chi connectivity index (χ0) is 95.7. The molecule has 11 aliphatic rings. The van der Waals surface area contributed by atoms with Gasteiger partial charge in [-0.1, -0.05) is 148 Å². The molecular formula is C117H166BCl4F4KN4OP3Ru2+. The molecule has 8 aromatic rings. The largest absolute Gasteiger partial charge is 1.00 e. The fourth-order valence-electron chi connectivity index (χ4n) is 21.9. The van der Waals surface area contributed by atoms with Gasteiger partial charge in [-0.15, -0.1) is 14.8 Å². The molecule has 19 rings (SSSR count). The van der Waals surface area contributed by atoms with Gasteiger partial charge in [0.15, 0.2) is 0 Å². The van der Waals surface area contributed by atoms with Crippen LogP contribution in [0.25, 0.3) is 11.1 Å². The van der Waals surface area contributed by atoms with Crippen LogP contribution in [0, 0.1) is 62.1 Å². The maximum atomic E-state index is 10.5. The van der Waals surface area contributed by atoms with E-state index in [2.05, 4.69) is 243 Å². The second-order valence-electron chi connectivity index (χ2n) is 40.2. The summed E-state index contributed by atoms with van der Waals surface area (Å²) >= 11 is -3.76. The molecule has 0 spiro atoms. The van der Waals surface area contributed by atoms with Gasteiger partial charge in [0.25, 0.3) is 0 Å². The van der Waals surface area contributed by atoms with Crippen LogP contribution in [-0.4, -0.2) is 97.8 Å². The fourth-order valence-corrected chi connectivity index (χ4v) is 37.8. The van der Waals surface area contributed by atoms with E-state index in [1.165, 1.54) is 178 Å². The van der Waals surface area contributed by atoms with Crippen molar-refractivity contribution in [2.75, 3.05) is 40.9 Å². The number of anilines is 3. The van der Waals surface area contributed by atoms with Crippen molar-refractivity contribution < 1.29 is 105 Å². The van der Waals surface area contributed by atoms with Crippen LogP contribution in [0.1, 0.15) is 345 Å². The monoisotopic (exact) mass is 2210 g/mol. The number of aryl methyl sites for hydroxylation is 8. The van der Waals surface area contributed by atoms with Gasteiger partial charge in [0.1, 0.15) is 24.5 Å². The van der Waals surface area contributed by atoms with E-state index >= 15 is 0 Å². The van der Waals surface area contributed by atoms with Gasteiger partial charge in [0.05, 0.1) is 34.0 Å². The molecule has 9 aliphatic carbocycles. The Morgan fingerprint density at radius 3 is 0.956 bits per heavy atom. The minimum Gasteiger partial charge on any atom is 1.00 e. The minimum absolute atomic E-state index is 0. The second-order valence-corrected chi connectivity index (χ2v) is 59.6. The molecule has 1 atom stereocenters. The molecule has 8 aromatic carbocycles. The summed E-state index contributed by atoms with van der Waals surface area (Å²) in [7, 11) is 21.6. The third kappa shape index (κ3) is 38.4. The van der Waals surface area contributed by atoms with Gasteiger partial charge in [-0.05, 0) is 297 Å². The van der Waals surface area contributed by atoms with Gasteiger partial charge < -0.3 is 32.2 Å². The Kier molecular flexibility index (Phi) is 53.7. The molecule has 2 heterocycles. The average molecular weight is 2210 g/mol. The first-order valence-electron chi connectivity index (χ1n) is 51.1. The van der Waals surface area contributed by atoms with Crippen LogP contribution in [0.2, 0.25) is 0 Å². The maximum Gasteiger partial charge on any atom is 1.00 e. The van der Waals surface area contributed by atoms with E-state index in [0.29, 0.717) is 6.42 Å². The van der Waals surface area contributed by atoms with Gasteiger partial charge in [-0.3, -0.25) is 0 Å². The zero-order valence-corrected chi connectivity index (χ0v) is 96.3. The smallest absolute Gasteiger partial charge is 1.00 e. The summed E-state index contributed by atoms with van der Waals surface area (Å²) in [4.78, 5) is 7.10. The molecule has 0 N–H and O–H groups in total. The summed E-state index contributed by atoms with van der Waals surface area (Å²) in [5, 5.41) is 10.5. The van der Waals surface area contributed by atoms with Crippen molar-refractivity contribution in [3.05, 3.63) is 279 Å². The number of halogens is 8. The summed E-state index contributed by atoms with van der Waals surface area (Å²) in [6.45, 7) is 29.0. The molecular weight excluding hydrogens is 2040 g/mol. The van der Waals surface area contributed by atoms with Gasteiger partial charge >= 0.3 is 299 Å². The van der Waals surface area contributed by atoms with Crippen molar-refractivity contribution >= 4 is 120 Å². The predicted octanol–water partition coefficient (Wildman–Crippen LogP) is 32.3. The first kappa shape index (κ1) is 119. The molecule has 1 saturated heterocycles. The van der Waals surface area contributed by atoms with E-state index in [9.17, 15) is 22.4 Å². The Bertz CT molecular complexity index is 4780. The van der Waals surface area contributed by atoms with Gasteiger partial charge in [0.2, 0.25) is 6.34 Å². The summed E-state index contributed by atoms with van der Waals surface area (Å²) in [6.07, 6.45) is 62.2. The standard InChI is InChI=1S/2C19H23N2.2C18H33P.2C15H10.C6H13P.C5H11O.2CH4.BF4.4ClH.K.2Ru/c2*1-14-5-7-16(3)18(11-14)20-9-10-21(13-20)19-12-15(2)6-8-17(19)4;2*1-4-10-16(11-5-1)19(17-12-6-2-7-13-17)18-14-8-3-9-15-18;2*1-2-6-12(7-3-1)15-11-10-13-8-4-5-9-14(13)15;7-6-4-2-1-3-5-6;1-4-5(2,3)6;;;2-1(3,4)5;;;;;;;/h2*5-8,11-13H,9-10H2,1-4H3;2*16-18H,1-15H2;2*1-9,11H;6H,1-5,7H2;4H2,1-3H3;2*1H4;;4*1H;;;/q-1;+1;;;;;;-1;;;-1;;;;;+1;2*+2/p-2. The van der Waals surface area contributed by atoms with Gasteiger partial charge in [-0.25, -0.2) is 9.48 Å². The number of fused-ring (bicyclic) bond motifs is 2. The quantitative estimate of drug-likeness (QED) is 0.0379. The van der Waals surface area contributed by atoms with E-state index in [-0.39, 0.29) is 82.1 Å². The molecule has 20 heteroatoms. The predicted molar refractivity (Wildman–Crippen MR) is 595 cm³/mol. The van der Waals surface area contributed by atoms with Crippen LogP contribution in [-0.2, 0) is 27.0 Å². The number of hydrogen-bond donors (Lipinski definition) is 0. The summed E-state index contributed by atoms with van der Waals surface area (Å²) < 4.78 is 43.6. The van der Waals surface area contributed by atoms with Crippen LogP contribution in [0.15, 0.2) is 194 Å². The first-order chi connectivity index (χ1) is 64.5. The molecule has 137 heavy (non-hydrogen) atoms. The number of nitrogens with zero attached hydrogens (tertiary/aromatic N) is 4. The van der Waals surface area contributed by atoms with E-state index in [4.69, 9.17) is 38.8 Å². The molecule has 8 fully saturated rings. The number of rotatable bonds is 13. The van der Waals surface area contributed by atoms with E-state index < -0.39 is 39.9 Å². The number of benzene rings is 8. The van der Waals surface area contributed by atoms with Crippen LogP contribution in [0.5, 0.6) is 0 Å². The van der Waals surface area contributed by atoms with E-state index in [1.54, 1.807) is 206 Å². The average Bonchev–Trinajstić information content (AvgIpc) is 1.63. The Hall–Kier alpha value is -2.87. The summed E-state index contributed by atoms with van der Waals surface area (Å²) in [5.41, 5.74) is 33.2. The number of allylic oxidation sites excluding steroid dienone is 2. The molecule has 0 bridgehead atoms. The van der Waals surface area contributed by atoms with Crippen molar-refractivity contribution in [2.24, 2.45) is 0 Å². The van der Waals surface area contributed by atoms with Crippen LogP contribution in [0.4, 0.5) is 40.0 Å². The minimum atomic E-state index is -6.00. The molecule has 7 saturated carbocycles. The normalized spacial score (nSPS) is 18.5. The third-order valence-electron chi connectivity index (χ3n) is 29.3. The molecule has 0 aromatic heterocycles. The zero-order valence-electron chi connectivity index (χ0n) is 83.5. The molecule has 5 nitrogen and oxygen atoms in total. The topological polar surface area (TPSA) is 35.8 Å². The molecule has 1 unspecified atom stereocenters. The maximum absolute atomic E-state index is 10.5. The van der Waals surface area contributed by atoms with Crippen LogP contribution >= 0.6 is 63.8 Å². The third-order valence-corrected chi connectivity index (χ3v) is 45.4. The van der Waals surface area contributed by atoms with Crippen molar-refractivity contribution in [1.29, 1.82) is 0 Å². The van der Waals surface area contributed by atoms with Crippen molar-refractivity contribution in [1.82, 2.24) is 0 Å². The van der Waals surface area contributed by atoms with Crippen LogP contribution < -0.4 is 71.2 Å². The molecule has 2 aliphatic heterocycles. The summed E-state index contributed by atoms with van der Waals surface area (Å²) in [5.74, 6) is 0. The van der Waals surface area contributed by atoms with E-state index in [0.717, 1.165) is 40.1 Å². The van der Waals surface area contributed by atoms with Crippen LogP contribution in [0.3, 0.4) is 0 Å². The Balaban J connectivity index is 0.000000194. The molecule has 750 valence electrons. The van der Waals surface area contributed by atoms with Gasteiger partial charge in [-0.2, -0.15) is 6.67 Å². The fraction of sp³-hybridized carbons (Fsp3) is 0.521. The van der Waals surface area contributed by atoms with E-state index in [1.807, 2.05) is 55.5 Å². The number of hydrogen-bond acceptors (Lipinski definition) is 4. The SMILES string of the molecule is C.C.C1CCC([PH+](C2CCCCC2)C2CCCCC2)CC1.C1CCC([PH+](C2CCCCC2)C2CCCCC2)CC1.CCC(C)(C)[O-].Cc1ccc(C)c(N2C=[N+](c3cc(C)ccc3C)CC2)c1.Cc1ccc(C)c(N2[CH-]N(c3cc(C)ccc3C)CC2)c1.F[B-](F)(F)F.PC1CCCCC1.[Cl][Ru]([Cl])=[C]1C=C(c2ccccc2)c2ccccc21.[Cl][Ru]([Cl])=[C]1C=C(c2ccccc2)c2ccccc21.[K+]. The van der Waals surface area contributed by atoms with Crippen molar-refractivity contribution in [2.45, 2.75) is 367 Å². The Labute approximate surface area is 902 Å². The Morgan fingerprint density at radius 1 is 0.394 bits per heavy atom. The molecule has 0 radical (unpaired) electrons. The Morgan fingerprint density at radius 2 is 0.664 bits per heavy atom. The van der Waals surface area contributed by atoms with Crippen molar-refractivity contribution in [3.63, 3.8) is 0 Å². The molecule has 0 amide bonds. The van der Waals surface area contributed by atoms with Crippen molar-refractivity contribution in [3.8, 4) is 0 Å².